The lowest BCUT2D eigenvalue weighted by Gasteiger charge is -2.29. The molecule has 0 amide bonds. The maximum absolute atomic E-state index is 6.05. The number of halogens is 1. The molecular formula is C18H18ClN3OS. The van der Waals surface area contributed by atoms with Crippen LogP contribution < -0.4 is 9.64 Å². The number of benzene rings is 2. The second kappa shape index (κ2) is 6.24. The molecule has 124 valence electrons. The van der Waals surface area contributed by atoms with Crippen molar-refractivity contribution < 1.29 is 4.74 Å². The molecule has 2 aliphatic heterocycles. The van der Waals surface area contributed by atoms with Crippen molar-refractivity contribution in [3.63, 3.8) is 0 Å². The highest BCUT2D eigenvalue weighted by molar-refractivity contribution is 7.80. The fraction of sp³-hybridized carbons (Fsp3) is 0.278. The van der Waals surface area contributed by atoms with E-state index in [0.717, 1.165) is 41.1 Å². The zero-order valence-electron chi connectivity index (χ0n) is 13.4. The molecule has 2 aliphatic rings. The molecule has 2 saturated heterocycles. The van der Waals surface area contributed by atoms with Crippen LogP contribution in [0.3, 0.4) is 0 Å². The van der Waals surface area contributed by atoms with Crippen LogP contribution in [0.25, 0.3) is 0 Å². The lowest BCUT2D eigenvalue weighted by molar-refractivity contribution is 0.0923. The third-order valence-corrected chi connectivity index (χ3v) is 5.20. The lowest BCUT2D eigenvalue weighted by atomic mass is 10.1. The summed E-state index contributed by atoms with van der Waals surface area (Å²) in [4.78, 5) is 2.20. The Bertz CT molecular complexity index is 750. The molecule has 2 heterocycles. The molecule has 1 atom stereocenters. The normalized spacial score (nSPS) is 20.6. The molecule has 24 heavy (non-hydrogen) atoms. The Labute approximate surface area is 152 Å². The average Bonchev–Trinajstić information content (AvgIpc) is 3.18. The van der Waals surface area contributed by atoms with Crippen LogP contribution in [0.1, 0.15) is 18.2 Å². The van der Waals surface area contributed by atoms with Gasteiger partial charge < -0.3 is 4.74 Å². The number of rotatable bonds is 3. The first-order valence-corrected chi connectivity index (χ1v) is 8.74. The molecule has 1 unspecified atom stereocenters. The number of anilines is 1. The Hall–Kier alpha value is -1.82. The van der Waals surface area contributed by atoms with Gasteiger partial charge in [-0.25, -0.2) is 0 Å². The van der Waals surface area contributed by atoms with Gasteiger partial charge in [0.1, 0.15) is 11.9 Å². The Morgan fingerprint density at radius 1 is 1.04 bits per heavy atom. The molecule has 4 nitrogen and oxygen atoms in total. The molecule has 6 heteroatoms. The van der Waals surface area contributed by atoms with E-state index in [1.807, 2.05) is 36.4 Å². The topological polar surface area (TPSA) is 19.0 Å². The van der Waals surface area contributed by atoms with Crippen molar-refractivity contribution in [2.45, 2.75) is 12.6 Å². The van der Waals surface area contributed by atoms with Crippen molar-refractivity contribution in [1.82, 2.24) is 10.0 Å². The molecule has 0 saturated carbocycles. The zero-order chi connectivity index (χ0) is 16.7. The van der Waals surface area contributed by atoms with Crippen molar-refractivity contribution in [3.8, 4) is 5.75 Å². The maximum atomic E-state index is 6.05. The quantitative estimate of drug-likeness (QED) is 0.767. The fourth-order valence-corrected chi connectivity index (χ4v) is 3.93. The van der Waals surface area contributed by atoms with Gasteiger partial charge >= 0.3 is 0 Å². The highest BCUT2D eigenvalue weighted by Gasteiger charge is 2.45. The van der Waals surface area contributed by atoms with Crippen LogP contribution in [0.4, 0.5) is 5.69 Å². The highest BCUT2D eigenvalue weighted by Crippen LogP contribution is 2.41. The van der Waals surface area contributed by atoms with Crippen LogP contribution in [0.15, 0.2) is 48.5 Å². The Morgan fingerprint density at radius 2 is 1.75 bits per heavy atom. The second-order valence-corrected chi connectivity index (χ2v) is 6.72. The Kier molecular flexibility index (Phi) is 4.08. The fourth-order valence-electron chi connectivity index (χ4n) is 3.40. The first kappa shape index (κ1) is 15.7. The summed E-state index contributed by atoms with van der Waals surface area (Å²) in [6.07, 6.45) is 1.19. The van der Waals surface area contributed by atoms with Crippen LogP contribution in [0.5, 0.6) is 5.75 Å². The van der Waals surface area contributed by atoms with Gasteiger partial charge in [0.15, 0.2) is 5.11 Å². The second-order valence-electron chi connectivity index (χ2n) is 5.92. The minimum Gasteiger partial charge on any atom is -0.497 e. The number of nitrogens with zero attached hydrogens (tertiary/aromatic N) is 3. The van der Waals surface area contributed by atoms with E-state index in [4.69, 9.17) is 28.6 Å². The van der Waals surface area contributed by atoms with Crippen molar-refractivity contribution in [2.24, 2.45) is 0 Å². The van der Waals surface area contributed by atoms with Gasteiger partial charge in [-0.05, 0) is 60.6 Å². The molecular weight excluding hydrogens is 342 g/mol. The van der Waals surface area contributed by atoms with E-state index in [1.165, 1.54) is 5.56 Å². The number of hydrogen-bond donors (Lipinski definition) is 0. The first-order valence-electron chi connectivity index (χ1n) is 7.96. The van der Waals surface area contributed by atoms with Crippen molar-refractivity contribution in [3.05, 3.63) is 59.1 Å². The van der Waals surface area contributed by atoms with E-state index in [0.29, 0.717) is 0 Å². The summed E-state index contributed by atoms with van der Waals surface area (Å²) in [6, 6.07) is 16.1. The van der Waals surface area contributed by atoms with Crippen LogP contribution in [0, 0.1) is 0 Å². The molecule has 0 bridgehead atoms. The van der Waals surface area contributed by atoms with Crippen LogP contribution in [0.2, 0.25) is 5.02 Å². The van der Waals surface area contributed by atoms with E-state index < -0.39 is 0 Å². The van der Waals surface area contributed by atoms with Gasteiger partial charge in [-0.1, -0.05) is 23.7 Å². The smallest absolute Gasteiger partial charge is 0.192 e. The predicted molar refractivity (Wildman–Crippen MR) is 100 cm³/mol. The lowest BCUT2D eigenvalue weighted by Crippen LogP contribution is -2.32. The average molecular weight is 360 g/mol. The molecule has 2 aromatic carbocycles. The summed E-state index contributed by atoms with van der Waals surface area (Å²) in [5.41, 5.74) is 2.25. The van der Waals surface area contributed by atoms with Gasteiger partial charge in [-0.2, -0.15) is 5.01 Å². The van der Waals surface area contributed by atoms with E-state index in [1.54, 1.807) is 7.11 Å². The summed E-state index contributed by atoms with van der Waals surface area (Å²) in [6.45, 7) is 1.97. The summed E-state index contributed by atoms with van der Waals surface area (Å²) < 4.78 is 5.29. The number of hydrazine groups is 1. The van der Waals surface area contributed by atoms with E-state index in [-0.39, 0.29) is 6.17 Å². The third-order valence-electron chi connectivity index (χ3n) is 4.54. The third kappa shape index (κ3) is 2.53. The number of fused-ring (bicyclic) bond motifs is 1. The monoisotopic (exact) mass is 359 g/mol. The SMILES string of the molecule is COc1ccc(C2N(c3ccc(Cl)cc3)C(=S)N3CCCN23)cc1. The van der Waals surface area contributed by atoms with E-state index >= 15 is 0 Å². The molecule has 2 fully saturated rings. The Morgan fingerprint density at radius 3 is 2.42 bits per heavy atom. The van der Waals surface area contributed by atoms with Gasteiger partial charge in [0.2, 0.25) is 0 Å². The molecule has 0 aliphatic carbocycles. The molecule has 2 aromatic rings. The van der Waals surface area contributed by atoms with Crippen LogP contribution in [-0.2, 0) is 0 Å². The van der Waals surface area contributed by atoms with Crippen molar-refractivity contribution >= 4 is 34.6 Å². The standard InChI is InChI=1S/C18H18ClN3OS/c1-23-16-9-3-13(4-10-16)17-20-11-2-12-21(20)18(24)22(17)15-7-5-14(19)6-8-15/h3-10,17H,2,11-12H2,1H3. The summed E-state index contributed by atoms with van der Waals surface area (Å²) in [7, 11) is 1.68. The minimum atomic E-state index is 0.0621. The molecule has 0 radical (unpaired) electrons. The maximum Gasteiger partial charge on any atom is 0.192 e. The number of ether oxygens (including phenoxy) is 1. The number of hydrogen-bond acceptors (Lipinski definition) is 3. The van der Waals surface area contributed by atoms with Crippen molar-refractivity contribution in [2.75, 3.05) is 25.1 Å². The van der Waals surface area contributed by atoms with Gasteiger partial charge in [-0.15, -0.1) is 0 Å². The first-order chi connectivity index (χ1) is 11.7. The number of methoxy groups -OCH3 is 1. The minimum absolute atomic E-state index is 0.0621. The predicted octanol–water partition coefficient (Wildman–Crippen LogP) is 4.08. The summed E-state index contributed by atoms with van der Waals surface area (Å²) in [5, 5.41) is 6.12. The van der Waals surface area contributed by atoms with Gasteiger partial charge in [0.25, 0.3) is 0 Å². The van der Waals surface area contributed by atoms with Gasteiger partial charge in [0.05, 0.1) is 7.11 Å². The Balaban J connectivity index is 1.76. The van der Waals surface area contributed by atoms with Gasteiger partial charge in [0, 0.05) is 23.8 Å². The highest BCUT2D eigenvalue weighted by atomic mass is 35.5. The molecule has 0 spiro atoms. The van der Waals surface area contributed by atoms with Crippen molar-refractivity contribution in [1.29, 1.82) is 0 Å². The summed E-state index contributed by atoms with van der Waals surface area (Å²) in [5.74, 6) is 0.857. The van der Waals surface area contributed by atoms with Gasteiger partial charge in [-0.3, -0.25) is 9.91 Å². The van der Waals surface area contributed by atoms with E-state index in [2.05, 4.69) is 27.1 Å². The summed E-state index contributed by atoms with van der Waals surface area (Å²) >= 11 is 11.8. The molecule has 0 aromatic heterocycles. The molecule has 4 rings (SSSR count). The largest absolute Gasteiger partial charge is 0.497 e. The number of thiocarbonyl (C=S) groups is 1. The van der Waals surface area contributed by atoms with Crippen LogP contribution >= 0.6 is 23.8 Å². The van der Waals surface area contributed by atoms with Crippen LogP contribution in [-0.4, -0.2) is 35.3 Å². The molecule has 0 N–H and O–H groups in total. The van der Waals surface area contributed by atoms with E-state index in [9.17, 15) is 0 Å². The zero-order valence-corrected chi connectivity index (χ0v) is 14.9.